The van der Waals surface area contributed by atoms with Crippen molar-refractivity contribution in [2.24, 2.45) is 0 Å². The van der Waals surface area contributed by atoms with Gasteiger partial charge in [0.1, 0.15) is 4.88 Å². The quantitative estimate of drug-likeness (QED) is 0.826. The summed E-state index contributed by atoms with van der Waals surface area (Å²) in [6.07, 6.45) is 6.72. The monoisotopic (exact) mass is 268 g/mol. The van der Waals surface area contributed by atoms with E-state index >= 15 is 0 Å². The molecule has 5 heteroatoms. The summed E-state index contributed by atoms with van der Waals surface area (Å²) in [5, 5.41) is 3.02. The number of thioether (sulfide) groups is 1. The minimum Gasteiger partial charge on any atom is -0.397 e. The van der Waals surface area contributed by atoms with Crippen molar-refractivity contribution in [1.82, 2.24) is 5.32 Å². The highest BCUT2D eigenvalue weighted by atomic mass is 32.2. The molecular weight excluding hydrogens is 252 g/mol. The summed E-state index contributed by atoms with van der Waals surface area (Å²) in [6, 6.07) is 0.395. The van der Waals surface area contributed by atoms with Crippen LogP contribution in [0.4, 0.5) is 5.69 Å². The van der Waals surface area contributed by atoms with Crippen LogP contribution in [0.25, 0.3) is 0 Å². The highest BCUT2D eigenvalue weighted by molar-refractivity contribution is 8.00. The minimum absolute atomic E-state index is 0.0252. The molecule has 0 atom stereocenters. The van der Waals surface area contributed by atoms with E-state index in [-0.39, 0.29) is 5.91 Å². The van der Waals surface area contributed by atoms with Gasteiger partial charge in [-0.25, -0.2) is 0 Å². The van der Waals surface area contributed by atoms with Gasteiger partial charge in [-0.3, -0.25) is 4.79 Å². The van der Waals surface area contributed by atoms with Crippen LogP contribution in [0.2, 0.25) is 0 Å². The van der Waals surface area contributed by atoms with Crippen LogP contribution in [-0.2, 0) is 0 Å². The van der Waals surface area contributed by atoms with Crippen molar-refractivity contribution in [2.75, 3.05) is 12.0 Å². The number of carbonyl (C=O) groups is 1. The highest BCUT2D eigenvalue weighted by Crippen LogP contribution is 2.51. The van der Waals surface area contributed by atoms with Crippen molar-refractivity contribution in [3.8, 4) is 0 Å². The summed E-state index contributed by atoms with van der Waals surface area (Å²) in [6.45, 7) is 0. The smallest absolute Gasteiger partial charge is 0.263 e. The molecule has 3 rings (SSSR count). The number of hydrogen-bond donors (Lipinski definition) is 2. The third kappa shape index (κ3) is 2.18. The molecule has 2 aliphatic rings. The number of thiophene rings is 1. The van der Waals surface area contributed by atoms with Crippen LogP contribution in [0, 0.1) is 0 Å². The van der Waals surface area contributed by atoms with Gasteiger partial charge in [0.2, 0.25) is 0 Å². The molecule has 17 heavy (non-hydrogen) atoms. The Balaban J connectivity index is 1.89. The molecule has 0 bridgehead atoms. The maximum absolute atomic E-state index is 12.1. The number of hydrogen-bond acceptors (Lipinski definition) is 4. The Morgan fingerprint density at radius 1 is 1.41 bits per heavy atom. The van der Waals surface area contributed by atoms with Gasteiger partial charge in [-0.15, -0.1) is 23.1 Å². The second kappa shape index (κ2) is 4.21. The molecule has 2 saturated carbocycles. The third-order valence-electron chi connectivity index (χ3n) is 3.24. The van der Waals surface area contributed by atoms with Crippen molar-refractivity contribution >= 4 is 34.7 Å². The predicted octanol–water partition coefficient (Wildman–Crippen LogP) is 2.82. The molecule has 0 aliphatic heterocycles. The molecule has 0 saturated heterocycles. The second-order valence-corrected chi connectivity index (χ2v) is 6.87. The first-order valence-electron chi connectivity index (χ1n) is 5.97. The standard InChI is InChI=1S/C12H16N2OS2/c1-16-12-8(6-2-3-6)9(13)10(17-12)11(15)14-7-4-5-7/h6-7H,2-5,13H2,1H3,(H,14,15). The molecule has 1 amide bonds. The van der Waals surface area contributed by atoms with E-state index in [1.807, 2.05) is 0 Å². The van der Waals surface area contributed by atoms with Gasteiger partial charge in [0.15, 0.2) is 0 Å². The molecule has 0 spiro atoms. The molecule has 0 unspecified atom stereocenters. The first kappa shape index (κ1) is 11.4. The molecule has 2 fully saturated rings. The fourth-order valence-corrected chi connectivity index (χ4v) is 4.02. The van der Waals surface area contributed by atoms with Crippen molar-refractivity contribution < 1.29 is 4.79 Å². The SMILES string of the molecule is CSc1sc(C(=O)NC2CC2)c(N)c1C1CC1. The molecule has 1 aromatic rings. The molecule has 2 aliphatic carbocycles. The van der Waals surface area contributed by atoms with Crippen LogP contribution in [0.1, 0.15) is 46.8 Å². The summed E-state index contributed by atoms with van der Waals surface area (Å²) in [5.41, 5.74) is 8.13. The van der Waals surface area contributed by atoms with E-state index in [0.717, 1.165) is 23.4 Å². The van der Waals surface area contributed by atoms with E-state index in [0.29, 0.717) is 12.0 Å². The lowest BCUT2D eigenvalue weighted by Crippen LogP contribution is -2.25. The van der Waals surface area contributed by atoms with Crippen LogP contribution >= 0.6 is 23.1 Å². The molecule has 1 aromatic heterocycles. The Bertz CT molecular complexity index is 461. The fourth-order valence-electron chi connectivity index (χ4n) is 1.99. The Morgan fingerprint density at radius 2 is 2.12 bits per heavy atom. The van der Waals surface area contributed by atoms with Crippen molar-refractivity contribution in [1.29, 1.82) is 0 Å². The Labute approximate surface area is 109 Å². The molecule has 1 heterocycles. The number of nitrogens with two attached hydrogens (primary N) is 1. The normalized spacial score (nSPS) is 19.4. The zero-order valence-electron chi connectivity index (χ0n) is 9.79. The first-order valence-corrected chi connectivity index (χ1v) is 8.02. The molecule has 3 N–H and O–H groups in total. The lowest BCUT2D eigenvalue weighted by Gasteiger charge is -2.02. The number of anilines is 1. The summed E-state index contributed by atoms with van der Waals surface area (Å²) in [4.78, 5) is 12.8. The lowest BCUT2D eigenvalue weighted by atomic mass is 10.1. The number of carbonyl (C=O) groups excluding carboxylic acids is 1. The van der Waals surface area contributed by atoms with Crippen molar-refractivity contribution in [3.63, 3.8) is 0 Å². The van der Waals surface area contributed by atoms with Crippen LogP contribution in [0.15, 0.2) is 4.21 Å². The average molecular weight is 268 g/mol. The molecule has 3 nitrogen and oxygen atoms in total. The molecular formula is C12H16N2OS2. The second-order valence-electron chi connectivity index (χ2n) is 4.77. The van der Waals surface area contributed by atoms with Gasteiger partial charge < -0.3 is 11.1 Å². The Hall–Kier alpha value is -0.680. The van der Waals surface area contributed by atoms with E-state index in [9.17, 15) is 4.79 Å². The summed E-state index contributed by atoms with van der Waals surface area (Å²) < 4.78 is 1.23. The van der Waals surface area contributed by atoms with Crippen LogP contribution in [0.3, 0.4) is 0 Å². The molecule has 0 radical (unpaired) electrons. The topological polar surface area (TPSA) is 55.1 Å². The van der Waals surface area contributed by atoms with E-state index in [1.54, 1.807) is 23.1 Å². The third-order valence-corrected chi connectivity index (χ3v) is 5.59. The van der Waals surface area contributed by atoms with Gasteiger partial charge in [-0.2, -0.15) is 0 Å². The van der Waals surface area contributed by atoms with E-state index < -0.39 is 0 Å². The van der Waals surface area contributed by atoms with E-state index in [2.05, 4.69) is 11.6 Å². The van der Waals surface area contributed by atoms with Gasteiger partial charge in [-0.05, 0) is 37.9 Å². The summed E-state index contributed by atoms with van der Waals surface area (Å²) >= 11 is 3.27. The number of rotatable bonds is 4. The fraction of sp³-hybridized carbons (Fsp3) is 0.583. The number of nitrogen functional groups attached to an aromatic ring is 1. The van der Waals surface area contributed by atoms with Crippen molar-refractivity contribution in [3.05, 3.63) is 10.4 Å². The number of amides is 1. The van der Waals surface area contributed by atoms with Gasteiger partial charge in [0.05, 0.1) is 9.90 Å². The van der Waals surface area contributed by atoms with Gasteiger partial charge in [0, 0.05) is 11.6 Å². The summed E-state index contributed by atoms with van der Waals surface area (Å²) in [5.74, 6) is 0.633. The van der Waals surface area contributed by atoms with E-state index in [1.165, 1.54) is 22.6 Å². The first-order chi connectivity index (χ1) is 8.20. The van der Waals surface area contributed by atoms with Crippen LogP contribution in [0.5, 0.6) is 0 Å². The highest BCUT2D eigenvalue weighted by Gasteiger charge is 2.33. The predicted molar refractivity (Wildman–Crippen MR) is 73.0 cm³/mol. The molecule has 92 valence electrons. The van der Waals surface area contributed by atoms with Gasteiger partial charge in [0.25, 0.3) is 5.91 Å². The molecule has 0 aromatic carbocycles. The minimum atomic E-state index is 0.0252. The maximum Gasteiger partial charge on any atom is 0.263 e. The number of nitrogens with one attached hydrogen (secondary N) is 1. The van der Waals surface area contributed by atoms with Crippen LogP contribution in [-0.4, -0.2) is 18.2 Å². The van der Waals surface area contributed by atoms with Gasteiger partial charge in [-0.1, -0.05) is 0 Å². The van der Waals surface area contributed by atoms with Crippen molar-refractivity contribution in [2.45, 2.75) is 41.9 Å². The largest absolute Gasteiger partial charge is 0.397 e. The van der Waals surface area contributed by atoms with Crippen LogP contribution < -0.4 is 11.1 Å². The van der Waals surface area contributed by atoms with E-state index in [4.69, 9.17) is 5.73 Å². The van der Waals surface area contributed by atoms with Gasteiger partial charge >= 0.3 is 0 Å². The summed E-state index contributed by atoms with van der Waals surface area (Å²) in [7, 11) is 0. The Morgan fingerprint density at radius 3 is 2.65 bits per heavy atom. The maximum atomic E-state index is 12.1. The lowest BCUT2D eigenvalue weighted by molar-refractivity contribution is 0.0956. The zero-order chi connectivity index (χ0) is 12.0. The zero-order valence-corrected chi connectivity index (χ0v) is 11.4. The Kier molecular flexibility index (Phi) is 2.83. The average Bonchev–Trinajstić information content (AvgIpc) is 3.19.